The Kier molecular flexibility index (Phi) is 4.83. The zero-order chi connectivity index (χ0) is 17.3. The van der Waals surface area contributed by atoms with Crippen molar-refractivity contribution in [2.75, 3.05) is 39.8 Å². The van der Waals surface area contributed by atoms with Crippen molar-refractivity contribution in [1.29, 1.82) is 0 Å². The molecule has 2 aliphatic heterocycles. The Hall–Kier alpha value is -1.39. The molecule has 0 N–H and O–H groups in total. The van der Waals surface area contributed by atoms with E-state index in [0.29, 0.717) is 11.9 Å². The molecule has 1 saturated carbocycles. The molecule has 3 aliphatic rings. The lowest BCUT2D eigenvalue weighted by Crippen LogP contribution is -2.60. The van der Waals surface area contributed by atoms with E-state index in [1.54, 1.807) is 0 Å². The number of likely N-dealkylation sites (N-methyl/N-ethyl adjacent to an activating group) is 1. The van der Waals surface area contributed by atoms with Crippen molar-refractivity contribution in [3.63, 3.8) is 0 Å². The summed E-state index contributed by atoms with van der Waals surface area (Å²) in [5, 5.41) is 0. The Balaban J connectivity index is 1.55. The summed E-state index contributed by atoms with van der Waals surface area (Å²) in [7, 11) is 2.19. The average molecular weight is 341 g/mol. The molecule has 1 amide bonds. The summed E-state index contributed by atoms with van der Waals surface area (Å²) in [4.78, 5) is 20.8. The lowest BCUT2D eigenvalue weighted by molar-refractivity contribution is -0.147. The Morgan fingerprint density at radius 2 is 1.64 bits per heavy atom. The minimum absolute atomic E-state index is 0.187. The van der Waals surface area contributed by atoms with Crippen LogP contribution in [-0.2, 0) is 4.79 Å². The quantitative estimate of drug-likeness (QED) is 0.846. The maximum Gasteiger partial charge on any atom is 0.243 e. The topological polar surface area (TPSA) is 26.8 Å². The van der Waals surface area contributed by atoms with Gasteiger partial charge in [-0.2, -0.15) is 0 Å². The van der Waals surface area contributed by atoms with E-state index in [9.17, 15) is 4.79 Å². The largest absolute Gasteiger partial charge is 0.338 e. The summed E-state index contributed by atoms with van der Waals surface area (Å²) >= 11 is 0. The maximum absolute atomic E-state index is 13.7. The number of rotatable bonds is 3. The van der Waals surface area contributed by atoms with Crippen molar-refractivity contribution < 1.29 is 4.79 Å². The molecule has 1 aromatic carbocycles. The van der Waals surface area contributed by atoms with Crippen molar-refractivity contribution in [3.05, 3.63) is 35.9 Å². The van der Waals surface area contributed by atoms with Crippen LogP contribution in [0.15, 0.2) is 30.3 Å². The Labute approximate surface area is 151 Å². The minimum atomic E-state index is -0.187. The lowest BCUT2D eigenvalue weighted by Gasteiger charge is -2.45. The van der Waals surface area contributed by atoms with Crippen LogP contribution in [0.4, 0.5) is 0 Å². The lowest BCUT2D eigenvalue weighted by atomic mass is 9.92. The zero-order valence-electron chi connectivity index (χ0n) is 15.5. The molecule has 2 heterocycles. The number of amides is 1. The van der Waals surface area contributed by atoms with Crippen LogP contribution in [0.25, 0.3) is 0 Å². The number of piperazine rings is 1. The summed E-state index contributed by atoms with van der Waals surface area (Å²) in [6.07, 6.45) is 7.05. The Morgan fingerprint density at radius 3 is 2.32 bits per heavy atom. The van der Waals surface area contributed by atoms with Gasteiger partial charge in [0.15, 0.2) is 0 Å². The Morgan fingerprint density at radius 1 is 0.960 bits per heavy atom. The molecule has 4 heteroatoms. The number of benzene rings is 1. The first-order valence-electron chi connectivity index (χ1n) is 10.0. The van der Waals surface area contributed by atoms with Gasteiger partial charge in [0.25, 0.3) is 0 Å². The van der Waals surface area contributed by atoms with Gasteiger partial charge in [-0.3, -0.25) is 14.6 Å². The predicted octanol–water partition coefficient (Wildman–Crippen LogP) is 2.91. The van der Waals surface area contributed by atoms with Crippen molar-refractivity contribution in [2.24, 2.45) is 0 Å². The second-order valence-electron chi connectivity index (χ2n) is 8.09. The minimum Gasteiger partial charge on any atom is -0.338 e. The molecule has 0 radical (unpaired) electrons. The number of nitrogens with zero attached hydrogens (tertiary/aromatic N) is 3. The molecule has 4 rings (SSSR count). The standard InChI is InChI=1S/C21H31N3O/c1-22-15-16-23(17-19(22)18-9-3-2-4-10-18)20(25)21(11-5-6-12-21)24-13-7-8-14-24/h2-4,9-10,19H,5-8,11-17H2,1H3/t19-/m0/s1. The molecule has 136 valence electrons. The summed E-state index contributed by atoms with van der Waals surface area (Å²) in [5.41, 5.74) is 1.14. The number of carbonyl (C=O) groups is 1. The van der Waals surface area contributed by atoms with Gasteiger partial charge < -0.3 is 4.90 Å². The third kappa shape index (κ3) is 3.11. The van der Waals surface area contributed by atoms with E-state index in [-0.39, 0.29) is 5.54 Å². The SMILES string of the molecule is CN1CCN(C(=O)C2(N3CCCC3)CCCC2)C[C@H]1c1ccccc1. The molecule has 1 atom stereocenters. The van der Waals surface area contributed by atoms with Crippen LogP contribution >= 0.6 is 0 Å². The van der Waals surface area contributed by atoms with Crippen molar-refractivity contribution in [2.45, 2.75) is 50.1 Å². The first-order chi connectivity index (χ1) is 12.2. The molecule has 25 heavy (non-hydrogen) atoms. The van der Waals surface area contributed by atoms with Gasteiger partial charge in [0.2, 0.25) is 5.91 Å². The van der Waals surface area contributed by atoms with E-state index in [4.69, 9.17) is 0 Å². The van der Waals surface area contributed by atoms with Gasteiger partial charge in [-0.05, 0) is 51.4 Å². The van der Waals surface area contributed by atoms with E-state index in [1.165, 1.54) is 31.2 Å². The first-order valence-corrected chi connectivity index (χ1v) is 10.0. The molecule has 2 saturated heterocycles. The van der Waals surface area contributed by atoms with E-state index in [2.05, 4.69) is 52.1 Å². The highest BCUT2D eigenvalue weighted by Gasteiger charge is 2.49. The normalized spacial score (nSPS) is 27.7. The summed E-state index contributed by atoms with van der Waals surface area (Å²) in [6.45, 7) is 4.88. The van der Waals surface area contributed by atoms with Crippen LogP contribution in [0.1, 0.15) is 50.1 Å². The van der Waals surface area contributed by atoms with E-state index >= 15 is 0 Å². The van der Waals surface area contributed by atoms with Crippen LogP contribution in [-0.4, -0.2) is 65.9 Å². The fraction of sp³-hybridized carbons (Fsp3) is 0.667. The second kappa shape index (κ2) is 7.08. The monoisotopic (exact) mass is 341 g/mol. The number of hydrogen-bond acceptors (Lipinski definition) is 3. The molecular weight excluding hydrogens is 310 g/mol. The van der Waals surface area contributed by atoms with Crippen LogP contribution in [0, 0.1) is 0 Å². The van der Waals surface area contributed by atoms with Crippen molar-refractivity contribution in [3.8, 4) is 0 Å². The molecular formula is C21H31N3O. The molecule has 1 aromatic rings. The van der Waals surface area contributed by atoms with E-state index < -0.39 is 0 Å². The number of hydrogen-bond donors (Lipinski definition) is 0. The molecule has 0 spiro atoms. The molecule has 1 aliphatic carbocycles. The summed E-state index contributed by atoms with van der Waals surface area (Å²) < 4.78 is 0. The molecule has 0 aromatic heterocycles. The highest BCUT2D eigenvalue weighted by Crippen LogP contribution is 2.40. The van der Waals surface area contributed by atoms with Gasteiger partial charge in [-0.15, -0.1) is 0 Å². The number of carbonyl (C=O) groups excluding carboxylic acids is 1. The zero-order valence-corrected chi connectivity index (χ0v) is 15.5. The molecule has 3 fully saturated rings. The van der Waals surface area contributed by atoms with Gasteiger partial charge in [0, 0.05) is 19.6 Å². The maximum atomic E-state index is 13.7. The highest BCUT2D eigenvalue weighted by atomic mass is 16.2. The van der Waals surface area contributed by atoms with Gasteiger partial charge in [-0.1, -0.05) is 43.2 Å². The van der Waals surface area contributed by atoms with Crippen LogP contribution in [0.3, 0.4) is 0 Å². The van der Waals surface area contributed by atoms with E-state index in [0.717, 1.165) is 45.6 Å². The van der Waals surface area contributed by atoms with Gasteiger partial charge in [0.1, 0.15) is 5.54 Å². The smallest absolute Gasteiger partial charge is 0.243 e. The average Bonchev–Trinajstić information content (AvgIpc) is 3.34. The van der Waals surface area contributed by atoms with Gasteiger partial charge in [-0.25, -0.2) is 0 Å². The third-order valence-corrected chi connectivity index (χ3v) is 6.66. The Bertz CT molecular complexity index is 590. The highest BCUT2D eigenvalue weighted by molar-refractivity contribution is 5.87. The van der Waals surface area contributed by atoms with Crippen LogP contribution in [0.5, 0.6) is 0 Å². The molecule has 0 bridgehead atoms. The second-order valence-corrected chi connectivity index (χ2v) is 8.09. The number of likely N-dealkylation sites (tertiary alicyclic amines) is 1. The van der Waals surface area contributed by atoms with Gasteiger partial charge >= 0.3 is 0 Å². The summed E-state index contributed by atoms with van der Waals surface area (Å²) in [5.74, 6) is 0.418. The fourth-order valence-electron chi connectivity index (χ4n) is 5.16. The van der Waals surface area contributed by atoms with Crippen molar-refractivity contribution in [1.82, 2.24) is 14.7 Å². The first kappa shape index (κ1) is 17.0. The summed E-state index contributed by atoms with van der Waals surface area (Å²) in [6, 6.07) is 11.0. The fourth-order valence-corrected chi connectivity index (χ4v) is 5.16. The third-order valence-electron chi connectivity index (χ3n) is 6.66. The predicted molar refractivity (Wildman–Crippen MR) is 100 cm³/mol. The van der Waals surface area contributed by atoms with Crippen LogP contribution < -0.4 is 0 Å². The van der Waals surface area contributed by atoms with Gasteiger partial charge in [0.05, 0.1) is 6.04 Å². The molecule has 4 nitrogen and oxygen atoms in total. The van der Waals surface area contributed by atoms with Crippen LogP contribution in [0.2, 0.25) is 0 Å². The molecule has 0 unspecified atom stereocenters. The van der Waals surface area contributed by atoms with E-state index in [1.807, 2.05) is 0 Å². The van der Waals surface area contributed by atoms with Crippen molar-refractivity contribution >= 4 is 5.91 Å².